The second-order valence-electron chi connectivity index (χ2n) is 38.1. The Hall–Kier alpha value is 0. The highest BCUT2D eigenvalue weighted by Crippen LogP contribution is 2.24. The second kappa shape index (κ2) is 108. The van der Waals surface area contributed by atoms with Crippen molar-refractivity contribution in [1.82, 2.24) is 0 Å². The van der Waals surface area contributed by atoms with Crippen LogP contribution in [-0.2, 0) is 0 Å². The third kappa shape index (κ3) is 108. The van der Waals surface area contributed by atoms with Gasteiger partial charge in [0.15, 0.2) is 0 Å². The van der Waals surface area contributed by atoms with Crippen LogP contribution in [0.1, 0.15) is 701 Å². The third-order valence-corrected chi connectivity index (χ3v) is 26.7. The molecule has 0 nitrogen and oxygen atoms in total. The van der Waals surface area contributed by atoms with Crippen LogP contribution in [0.15, 0.2) is 0 Å². The van der Waals surface area contributed by atoms with E-state index in [-0.39, 0.29) is 0 Å². The molecular weight excluding hydrogens is 1310 g/mol. The van der Waals surface area contributed by atoms with Gasteiger partial charge in [-0.2, -0.15) is 0 Å². The van der Waals surface area contributed by atoms with Gasteiger partial charge >= 0.3 is 0 Å². The molecule has 0 aromatic rings. The molecule has 0 aliphatic carbocycles. The fourth-order valence-corrected chi connectivity index (χ4v) is 18.7. The van der Waals surface area contributed by atoms with E-state index >= 15 is 0 Å². The summed E-state index contributed by atoms with van der Waals surface area (Å²) >= 11 is 0. The summed E-state index contributed by atoms with van der Waals surface area (Å²) in [5, 5.41) is 0. The van der Waals surface area contributed by atoms with Gasteiger partial charge in [0.1, 0.15) is 0 Å². The van der Waals surface area contributed by atoms with Crippen molar-refractivity contribution in [1.29, 1.82) is 0 Å². The van der Waals surface area contributed by atoms with Crippen molar-refractivity contribution < 1.29 is 0 Å². The van der Waals surface area contributed by atoms with Crippen molar-refractivity contribution in [3.63, 3.8) is 0 Å². The summed E-state index contributed by atoms with van der Waals surface area (Å²) in [6.45, 7) is 4.64. The lowest BCUT2D eigenvalue weighted by atomic mass is 10.0. The third-order valence-electron chi connectivity index (χ3n) is 26.7. The number of unbranched alkanes of at least 4 members (excludes halogenated alkanes) is 106. The SMILES string of the molecule is CCCCCCCCCCCCCCCCCCCCCCCCCCCCCCCCCCCCCCCCCCCCCCCCCCCCCCCCCCCCCCCCCCCCCCCCCCCCCCCCCCCCCCCCCCCCCCCCCCCCCCCCCCCCC. The molecule has 0 atom stereocenters. The lowest BCUT2D eigenvalue weighted by Crippen LogP contribution is -1.85. The summed E-state index contributed by atoms with van der Waals surface area (Å²) in [6, 6.07) is 0. The summed E-state index contributed by atoms with van der Waals surface area (Å²) in [7, 11) is 0. The Bertz CT molecular complexity index is 1320. The minimum Gasteiger partial charge on any atom is -0.0654 e. The zero-order valence-corrected chi connectivity index (χ0v) is 77.7. The van der Waals surface area contributed by atoms with E-state index in [4.69, 9.17) is 0 Å². The van der Waals surface area contributed by atoms with E-state index in [1.165, 1.54) is 687 Å². The highest BCUT2D eigenvalue weighted by molar-refractivity contribution is 4.60. The molecule has 0 aromatic heterocycles. The molecule has 0 heterocycles. The van der Waals surface area contributed by atoms with E-state index < -0.39 is 0 Å². The molecule has 0 radical (unpaired) electrons. The van der Waals surface area contributed by atoms with Crippen LogP contribution in [0.2, 0.25) is 0 Å². The normalized spacial score (nSPS) is 11.8. The Kier molecular flexibility index (Phi) is 108. The second-order valence-corrected chi connectivity index (χ2v) is 38.1. The fourth-order valence-electron chi connectivity index (χ4n) is 18.7. The van der Waals surface area contributed by atoms with Gasteiger partial charge in [-0.05, 0) is 0 Å². The monoisotopic (exact) mass is 1530 g/mol. The van der Waals surface area contributed by atoms with Gasteiger partial charge in [0.05, 0.1) is 0 Å². The van der Waals surface area contributed by atoms with Crippen LogP contribution in [-0.4, -0.2) is 0 Å². The molecule has 0 aliphatic heterocycles. The number of hydrogen-bond donors (Lipinski definition) is 0. The summed E-state index contributed by atoms with van der Waals surface area (Å²) < 4.78 is 0. The van der Waals surface area contributed by atoms with Gasteiger partial charge in [0.2, 0.25) is 0 Å². The van der Waals surface area contributed by atoms with Crippen LogP contribution < -0.4 is 0 Å². The predicted molar refractivity (Wildman–Crippen MR) is 505 cm³/mol. The Labute approximate surface area is 696 Å². The fraction of sp³-hybridized carbons (Fsp3) is 1.00. The maximum Gasteiger partial charge on any atom is -0.0533 e. The minimum absolute atomic E-state index is 1.37. The topological polar surface area (TPSA) is 0 Å². The first-order chi connectivity index (χ1) is 54.4. The Morgan fingerprint density at radius 2 is 0.0734 bits per heavy atom. The zero-order valence-electron chi connectivity index (χ0n) is 77.7. The van der Waals surface area contributed by atoms with Crippen molar-refractivity contribution in [2.24, 2.45) is 0 Å². The molecule has 0 saturated heterocycles. The molecule has 0 saturated carbocycles. The summed E-state index contributed by atoms with van der Waals surface area (Å²) in [6.07, 6.45) is 160. The van der Waals surface area contributed by atoms with E-state index in [9.17, 15) is 0 Å². The largest absolute Gasteiger partial charge is 0.0654 e. The Morgan fingerprint density at radius 1 is 0.0459 bits per heavy atom. The van der Waals surface area contributed by atoms with Crippen molar-refractivity contribution in [3.8, 4) is 0 Å². The minimum atomic E-state index is 1.37. The van der Waals surface area contributed by atoms with Crippen LogP contribution in [0.5, 0.6) is 0 Å². The Balaban J connectivity index is 3.09. The lowest BCUT2D eigenvalue weighted by Gasteiger charge is -2.05. The molecule has 0 rings (SSSR count). The Morgan fingerprint density at radius 3 is 0.101 bits per heavy atom. The van der Waals surface area contributed by atoms with Crippen LogP contribution in [0.3, 0.4) is 0 Å². The van der Waals surface area contributed by atoms with Crippen LogP contribution in [0.25, 0.3) is 0 Å². The van der Waals surface area contributed by atoms with Gasteiger partial charge in [-0.1, -0.05) is 701 Å². The quantitative estimate of drug-likeness (QED) is 0.0533. The summed E-state index contributed by atoms with van der Waals surface area (Å²) in [5.74, 6) is 0. The maximum atomic E-state index is 2.32. The van der Waals surface area contributed by atoms with Crippen molar-refractivity contribution in [2.75, 3.05) is 0 Å². The standard InChI is InChI=1S/C109H220/c1-3-5-7-9-11-13-15-17-19-21-23-25-27-29-31-33-35-37-39-41-43-45-47-49-51-53-55-57-59-61-63-65-67-69-71-73-75-77-79-81-83-85-87-89-91-93-95-97-99-101-103-105-107-109-108-106-104-102-100-98-96-94-92-90-88-86-84-82-80-78-76-74-72-70-68-66-64-62-60-58-56-54-52-50-48-46-44-42-40-38-36-34-32-30-28-26-24-22-20-18-16-14-12-10-8-6-4-2/h3-109H2,1-2H3. The average Bonchev–Trinajstić information content (AvgIpc) is 3.88. The lowest BCUT2D eigenvalue weighted by molar-refractivity contribution is 0.505. The van der Waals surface area contributed by atoms with E-state index in [0.717, 1.165) is 0 Å². The molecular formula is C109H220. The smallest absolute Gasteiger partial charge is 0.0533 e. The molecule has 0 heteroatoms. The van der Waals surface area contributed by atoms with E-state index in [0.29, 0.717) is 0 Å². The molecule has 0 fully saturated rings. The molecule has 109 heavy (non-hydrogen) atoms. The van der Waals surface area contributed by atoms with E-state index in [1.54, 1.807) is 0 Å². The number of hydrogen-bond acceptors (Lipinski definition) is 0. The first-order valence-corrected chi connectivity index (χ1v) is 54.4. The zero-order chi connectivity index (χ0) is 77.7. The predicted octanol–water partition coefficient (Wildman–Crippen LogP) is 42.8. The maximum absolute atomic E-state index is 2.32. The molecule has 0 aromatic carbocycles. The van der Waals surface area contributed by atoms with Crippen molar-refractivity contribution in [3.05, 3.63) is 0 Å². The van der Waals surface area contributed by atoms with E-state index in [2.05, 4.69) is 13.8 Å². The summed E-state index contributed by atoms with van der Waals surface area (Å²) in [4.78, 5) is 0. The van der Waals surface area contributed by atoms with Gasteiger partial charge < -0.3 is 0 Å². The molecule has 0 spiro atoms. The molecule has 656 valence electrons. The van der Waals surface area contributed by atoms with Crippen LogP contribution in [0.4, 0.5) is 0 Å². The van der Waals surface area contributed by atoms with Gasteiger partial charge in [-0.3, -0.25) is 0 Å². The van der Waals surface area contributed by atoms with Crippen LogP contribution >= 0.6 is 0 Å². The first-order valence-electron chi connectivity index (χ1n) is 54.4. The average molecular weight is 1530 g/mol. The van der Waals surface area contributed by atoms with Gasteiger partial charge in [-0.15, -0.1) is 0 Å². The van der Waals surface area contributed by atoms with Gasteiger partial charge in [-0.25, -0.2) is 0 Å². The first kappa shape index (κ1) is 109. The molecule has 0 amide bonds. The number of rotatable bonds is 106. The van der Waals surface area contributed by atoms with E-state index in [1.807, 2.05) is 0 Å². The molecule has 0 N–H and O–H groups in total. The van der Waals surface area contributed by atoms with Gasteiger partial charge in [0.25, 0.3) is 0 Å². The highest BCUT2D eigenvalue weighted by Gasteiger charge is 2.05. The van der Waals surface area contributed by atoms with Crippen LogP contribution in [0, 0.1) is 0 Å². The van der Waals surface area contributed by atoms with Crippen molar-refractivity contribution in [2.45, 2.75) is 701 Å². The highest BCUT2D eigenvalue weighted by atomic mass is 14.1. The van der Waals surface area contributed by atoms with Crippen molar-refractivity contribution >= 4 is 0 Å². The van der Waals surface area contributed by atoms with Gasteiger partial charge in [0, 0.05) is 0 Å². The summed E-state index contributed by atoms with van der Waals surface area (Å²) in [5.41, 5.74) is 0. The molecule has 0 bridgehead atoms. The molecule has 0 unspecified atom stereocenters. The molecule has 0 aliphatic rings.